The highest BCUT2D eigenvalue weighted by Crippen LogP contribution is 2.18. The molecule has 0 radical (unpaired) electrons. The minimum Gasteiger partial charge on any atom is -0.377 e. The molecule has 0 saturated carbocycles. The van der Waals surface area contributed by atoms with E-state index in [1.165, 1.54) is 0 Å². The molecular formula is C14H18ClF2NO. The molecule has 0 amide bonds. The van der Waals surface area contributed by atoms with Gasteiger partial charge in [0, 0.05) is 31.1 Å². The summed E-state index contributed by atoms with van der Waals surface area (Å²) in [4.78, 5) is 2.12. The van der Waals surface area contributed by atoms with Crippen LogP contribution in [-0.4, -0.2) is 36.6 Å². The Kier molecular flexibility index (Phi) is 5.55. The molecule has 0 aliphatic carbocycles. The molecule has 0 atom stereocenters. The highest BCUT2D eigenvalue weighted by molar-refractivity contribution is 6.17. The third-order valence-electron chi connectivity index (χ3n) is 3.39. The maximum absolute atomic E-state index is 13.6. The second kappa shape index (κ2) is 7.17. The van der Waals surface area contributed by atoms with Crippen LogP contribution in [0.2, 0.25) is 0 Å². The summed E-state index contributed by atoms with van der Waals surface area (Å²) >= 11 is 5.58. The molecule has 2 rings (SSSR count). The minimum atomic E-state index is -0.780. The van der Waals surface area contributed by atoms with Crippen molar-refractivity contribution in [1.82, 2.24) is 4.90 Å². The van der Waals surface area contributed by atoms with Crippen LogP contribution in [0.15, 0.2) is 18.2 Å². The van der Waals surface area contributed by atoms with Crippen LogP contribution in [-0.2, 0) is 11.3 Å². The molecule has 0 bridgehead atoms. The molecule has 2 nitrogen and oxygen atoms in total. The number of halogens is 3. The lowest BCUT2D eigenvalue weighted by Crippen LogP contribution is -2.37. The Balaban J connectivity index is 1.84. The van der Waals surface area contributed by atoms with E-state index >= 15 is 0 Å². The first-order chi connectivity index (χ1) is 9.20. The van der Waals surface area contributed by atoms with Gasteiger partial charge in [-0.3, -0.25) is 4.90 Å². The third kappa shape index (κ3) is 4.13. The smallest absolute Gasteiger partial charge is 0.163 e. The van der Waals surface area contributed by atoms with Crippen LogP contribution in [0.25, 0.3) is 0 Å². The summed E-state index contributed by atoms with van der Waals surface area (Å²) < 4.78 is 32.2. The van der Waals surface area contributed by atoms with Gasteiger partial charge in [-0.25, -0.2) is 8.78 Å². The Hall–Kier alpha value is -0.710. The Labute approximate surface area is 117 Å². The second-order valence-electron chi connectivity index (χ2n) is 4.75. The standard InChI is InChI=1S/C14H18ClF2NO/c15-6-9-19-12-4-7-18(8-5-12)10-11-2-1-3-13(16)14(11)17/h1-3,12H,4-10H2. The van der Waals surface area contributed by atoms with Crippen LogP contribution in [0.3, 0.4) is 0 Å². The normalized spacial score (nSPS) is 17.8. The van der Waals surface area contributed by atoms with Gasteiger partial charge in [0.05, 0.1) is 12.7 Å². The number of ether oxygens (including phenoxy) is 1. The summed E-state index contributed by atoms with van der Waals surface area (Å²) in [5.74, 6) is -1.00. The fourth-order valence-corrected chi connectivity index (χ4v) is 2.45. The predicted octanol–water partition coefficient (Wildman–Crippen LogP) is 3.18. The fraction of sp³-hybridized carbons (Fsp3) is 0.571. The molecule has 106 valence electrons. The molecule has 0 unspecified atom stereocenters. The number of benzene rings is 1. The number of nitrogens with zero attached hydrogens (tertiary/aromatic N) is 1. The molecule has 1 aliphatic heterocycles. The third-order valence-corrected chi connectivity index (χ3v) is 3.55. The molecular weight excluding hydrogens is 272 g/mol. The van der Waals surface area contributed by atoms with Crippen LogP contribution in [0.5, 0.6) is 0 Å². The molecule has 5 heteroatoms. The van der Waals surface area contributed by atoms with E-state index in [1.807, 2.05) is 0 Å². The summed E-state index contributed by atoms with van der Waals surface area (Å²) in [5, 5.41) is 0. The van der Waals surface area contributed by atoms with E-state index in [2.05, 4.69) is 4.90 Å². The van der Waals surface area contributed by atoms with Gasteiger partial charge in [0.2, 0.25) is 0 Å². The van der Waals surface area contributed by atoms with Crippen molar-refractivity contribution in [1.29, 1.82) is 0 Å². The van der Waals surface area contributed by atoms with Crippen molar-refractivity contribution < 1.29 is 13.5 Å². The zero-order valence-electron chi connectivity index (χ0n) is 10.7. The number of hydrogen-bond donors (Lipinski definition) is 0. The van der Waals surface area contributed by atoms with Gasteiger partial charge >= 0.3 is 0 Å². The monoisotopic (exact) mass is 289 g/mol. The number of alkyl halides is 1. The zero-order valence-corrected chi connectivity index (χ0v) is 11.5. The van der Waals surface area contributed by atoms with Crippen LogP contribution < -0.4 is 0 Å². The summed E-state index contributed by atoms with van der Waals surface area (Å²) in [5.41, 5.74) is 0.417. The van der Waals surface area contributed by atoms with Gasteiger partial charge in [-0.1, -0.05) is 12.1 Å². The van der Waals surface area contributed by atoms with Crippen molar-refractivity contribution in [2.24, 2.45) is 0 Å². The summed E-state index contributed by atoms with van der Waals surface area (Å²) in [6.45, 7) is 2.70. The summed E-state index contributed by atoms with van der Waals surface area (Å²) in [6, 6.07) is 4.32. The summed E-state index contributed by atoms with van der Waals surface area (Å²) in [7, 11) is 0. The van der Waals surface area contributed by atoms with Gasteiger partial charge in [0.15, 0.2) is 11.6 Å². The highest BCUT2D eigenvalue weighted by atomic mass is 35.5. The Morgan fingerprint density at radius 3 is 2.68 bits per heavy atom. The van der Waals surface area contributed by atoms with Crippen LogP contribution in [0.4, 0.5) is 8.78 Å². The first-order valence-corrected chi connectivity index (χ1v) is 7.07. The number of likely N-dealkylation sites (tertiary alicyclic amines) is 1. The van der Waals surface area contributed by atoms with E-state index in [9.17, 15) is 8.78 Å². The van der Waals surface area contributed by atoms with E-state index in [4.69, 9.17) is 16.3 Å². The van der Waals surface area contributed by atoms with Crippen molar-refractivity contribution >= 4 is 11.6 Å². The maximum Gasteiger partial charge on any atom is 0.163 e. The molecule has 19 heavy (non-hydrogen) atoms. The van der Waals surface area contributed by atoms with E-state index in [0.717, 1.165) is 32.0 Å². The van der Waals surface area contributed by atoms with E-state index < -0.39 is 11.6 Å². The van der Waals surface area contributed by atoms with E-state index in [1.54, 1.807) is 12.1 Å². The quantitative estimate of drug-likeness (QED) is 0.772. The van der Waals surface area contributed by atoms with Crippen molar-refractivity contribution in [2.75, 3.05) is 25.6 Å². The van der Waals surface area contributed by atoms with E-state index in [-0.39, 0.29) is 6.10 Å². The summed E-state index contributed by atoms with van der Waals surface area (Å²) in [6.07, 6.45) is 2.06. The van der Waals surface area contributed by atoms with E-state index in [0.29, 0.717) is 24.6 Å². The first kappa shape index (κ1) is 14.7. The molecule has 0 aromatic heterocycles. The Morgan fingerprint density at radius 2 is 2.00 bits per heavy atom. The number of hydrogen-bond acceptors (Lipinski definition) is 2. The SMILES string of the molecule is Fc1cccc(CN2CCC(OCCCl)CC2)c1F. The van der Waals surface area contributed by atoms with Crippen molar-refractivity contribution in [3.05, 3.63) is 35.4 Å². The topological polar surface area (TPSA) is 12.5 Å². The largest absolute Gasteiger partial charge is 0.377 e. The van der Waals surface area contributed by atoms with Crippen LogP contribution in [0.1, 0.15) is 18.4 Å². The number of rotatable bonds is 5. The molecule has 1 aromatic carbocycles. The lowest BCUT2D eigenvalue weighted by Gasteiger charge is -2.31. The first-order valence-electron chi connectivity index (χ1n) is 6.53. The van der Waals surface area contributed by atoms with Gasteiger partial charge in [0.25, 0.3) is 0 Å². The molecule has 1 aliphatic rings. The van der Waals surface area contributed by atoms with Gasteiger partial charge in [-0.2, -0.15) is 0 Å². The molecule has 0 spiro atoms. The van der Waals surface area contributed by atoms with Crippen molar-refractivity contribution in [3.63, 3.8) is 0 Å². The van der Waals surface area contributed by atoms with Gasteiger partial charge in [0.1, 0.15) is 0 Å². The van der Waals surface area contributed by atoms with Crippen LogP contribution >= 0.6 is 11.6 Å². The van der Waals surface area contributed by atoms with Gasteiger partial charge < -0.3 is 4.74 Å². The maximum atomic E-state index is 13.6. The average molecular weight is 290 g/mol. The highest BCUT2D eigenvalue weighted by Gasteiger charge is 2.20. The lowest BCUT2D eigenvalue weighted by molar-refractivity contribution is 0.0132. The van der Waals surface area contributed by atoms with Crippen LogP contribution in [0, 0.1) is 11.6 Å². The number of piperidine rings is 1. The molecule has 1 fully saturated rings. The Bertz CT molecular complexity index is 408. The molecule has 0 N–H and O–H groups in total. The second-order valence-corrected chi connectivity index (χ2v) is 5.13. The van der Waals surface area contributed by atoms with Crippen molar-refractivity contribution in [3.8, 4) is 0 Å². The molecule has 1 heterocycles. The zero-order chi connectivity index (χ0) is 13.7. The minimum absolute atomic E-state index is 0.243. The average Bonchev–Trinajstić information content (AvgIpc) is 2.43. The Morgan fingerprint density at radius 1 is 1.26 bits per heavy atom. The predicted molar refractivity (Wildman–Crippen MR) is 71.3 cm³/mol. The van der Waals surface area contributed by atoms with Gasteiger partial charge in [-0.15, -0.1) is 11.6 Å². The lowest BCUT2D eigenvalue weighted by atomic mass is 10.1. The van der Waals surface area contributed by atoms with Crippen molar-refractivity contribution in [2.45, 2.75) is 25.5 Å². The fourth-order valence-electron chi connectivity index (χ4n) is 2.36. The molecule has 1 saturated heterocycles. The van der Waals surface area contributed by atoms with Gasteiger partial charge in [-0.05, 0) is 18.9 Å². The molecule has 1 aromatic rings.